The molecule has 0 aromatic heterocycles. The summed E-state index contributed by atoms with van der Waals surface area (Å²) in [6, 6.07) is 0. The van der Waals surface area contributed by atoms with Gasteiger partial charge in [-0.25, -0.2) is 0 Å². The Morgan fingerprint density at radius 1 is 1.42 bits per heavy atom. The monoisotopic (exact) mass is 234 g/mol. The van der Waals surface area contributed by atoms with Gasteiger partial charge in [0.2, 0.25) is 0 Å². The van der Waals surface area contributed by atoms with Gasteiger partial charge in [-0.3, -0.25) is 0 Å². The highest BCUT2D eigenvalue weighted by atomic mass is 79.9. The van der Waals surface area contributed by atoms with E-state index in [-0.39, 0.29) is 0 Å². The highest BCUT2D eigenvalue weighted by molar-refractivity contribution is 9.09. The summed E-state index contributed by atoms with van der Waals surface area (Å²) in [5.41, 5.74) is 2.63. The van der Waals surface area contributed by atoms with Gasteiger partial charge in [0.05, 0.1) is 12.9 Å². The molecule has 0 bridgehead atoms. The van der Waals surface area contributed by atoms with E-state index >= 15 is 0 Å². The van der Waals surface area contributed by atoms with Crippen LogP contribution in [0, 0.1) is 0 Å². The van der Waals surface area contributed by atoms with E-state index in [4.69, 9.17) is 9.47 Å². The summed E-state index contributed by atoms with van der Waals surface area (Å²) < 4.78 is 10.3. The van der Waals surface area contributed by atoms with E-state index in [1.165, 1.54) is 0 Å². The number of ether oxygens (including phenoxy) is 2. The Morgan fingerprint density at radius 2 is 2.08 bits per heavy atom. The standard InChI is InChI=1S/C9H15BrO2/c1-8(2)4-11-5-9(3)6-12-7-10/h5H,1,4,6-7H2,2-3H3. The van der Waals surface area contributed by atoms with E-state index < -0.39 is 0 Å². The minimum Gasteiger partial charge on any atom is -0.497 e. The van der Waals surface area contributed by atoms with Gasteiger partial charge in [0.25, 0.3) is 0 Å². The zero-order valence-corrected chi connectivity index (χ0v) is 9.19. The minimum absolute atomic E-state index is 0.554. The normalized spacial score (nSPS) is 11.4. The Labute approximate surface area is 82.4 Å². The van der Waals surface area contributed by atoms with Crippen LogP contribution >= 0.6 is 15.9 Å². The third kappa shape index (κ3) is 7.82. The molecule has 0 fully saturated rings. The van der Waals surface area contributed by atoms with Gasteiger partial charge in [-0.1, -0.05) is 22.5 Å². The summed E-state index contributed by atoms with van der Waals surface area (Å²) in [6.07, 6.45) is 1.71. The Kier molecular flexibility index (Phi) is 7.20. The minimum atomic E-state index is 0.554. The summed E-state index contributed by atoms with van der Waals surface area (Å²) in [7, 11) is 0. The fourth-order valence-electron chi connectivity index (χ4n) is 0.560. The molecule has 0 saturated heterocycles. The van der Waals surface area contributed by atoms with E-state index in [2.05, 4.69) is 22.5 Å². The average molecular weight is 235 g/mol. The van der Waals surface area contributed by atoms with Gasteiger partial charge in [0, 0.05) is 0 Å². The van der Waals surface area contributed by atoms with Crippen molar-refractivity contribution in [3.63, 3.8) is 0 Å². The van der Waals surface area contributed by atoms with Gasteiger partial charge in [-0.2, -0.15) is 0 Å². The molecule has 0 spiro atoms. The van der Waals surface area contributed by atoms with Crippen LogP contribution in [0.15, 0.2) is 24.0 Å². The van der Waals surface area contributed by atoms with Crippen molar-refractivity contribution in [2.75, 3.05) is 18.7 Å². The molecule has 70 valence electrons. The first kappa shape index (κ1) is 11.7. The fraction of sp³-hybridized carbons (Fsp3) is 0.556. The van der Waals surface area contributed by atoms with Crippen molar-refractivity contribution < 1.29 is 9.47 Å². The number of halogens is 1. The Balaban J connectivity index is 3.47. The second kappa shape index (κ2) is 7.37. The lowest BCUT2D eigenvalue weighted by atomic mass is 10.3. The van der Waals surface area contributed by atoms with E-state index in [1.54, 1.807) is 6.26 Å². The molecule has 0 heterocycles. The van der Waals surface area contributed by atoms with E-state index in [0.717, 1.165) is 11.1 Å². The van der Waals surface area contributed by atoms with Gasteiger partial charge in [0.15, 0.2) is 0 Å². The molecule has 0 rings (SSSR count). The Hall–Kier alpha value is -0.280. The molecule has 12 heavy (non-hydrogen) atoms. The van der Waals surface area contributed by atoms with Crippen molar-refractivity contribution in [1.29, 1.82) is 0 Å². The van der Waals surface area contributed by atoms with Crippen molar-refractivity contribution in [2.45, 2.75) is 13.8 Å². The quantitative estimate of drug-likeness (QED) is 0.400. The molecule has 0 aromatic carbocycles. The molecule has 0 unspecified atom stereocenters. The summed E-state index contributed by atoms with van der Waals surface area (Å²) in [5, 5.41) is 0. The Bertz CT molecular complexity index is 164. The van der Waals surface area contributed by atoms with Crippen LogP contribution in [-0.2, 0) is 9.47 Å². The van der Waals surface area contributed by atoms with Crippen LogP contribution in [-0.4, -0.2) is 18.7 Å². The zero-order chi connectivity index (χ0) is 9.40. The van der Waals surface area contributed by atoms with Gasteiger partial charge in [-0.15, -0.1) is 0 Å². The lowest BCUT2D eigenvalue weighted by molar-refractivity contribution is 0.204. The van der Waals surface area contributed by atoms with E-state index in [1.807, 2.05) is 13.8 Å². The third-order valence-electron chi connectivity index (χ3n) is 1.02. The van der Waals surface area contributed by atoms with Crippen LogP contribution in [0.25, 0.3) is 0 Å². The largest absolute Gasteiger partial charge is 0.497 e. The summed E-state index contributed by atoms with van der Waals surface area (Å²) in [6.45, 7) is 8.78. The first-order valence-corrected chi connectivity index (χ1v) is 4.84. The zero-order valence-electron chi connectivity index (χ0n) is 7.60. The molecule has 0 N–H and O–H groups in total. The summed E-state index contributed by atoms with van der Waals surface area (Å²) in [4.78, 5) is 0. The van der Waals surface area contributed by atoms with Crippen LogP contribution in [0.5, 0.6) is 0 Å². The van der Waals surface area contributed by atoms with Gasteiger partial charge in [0.1, 0.15) is 12.1 Å². The first-order valence-electron chi connectivity index (χ1n) is 3.72. The second-order valence-electron chi connectivity index (χ2n) is 2.69. The van der Waals surface area contributed by atoms with Crippen molar-refractivity contribution in [2.24, 2.45) is 0 Å². The van der Waals surface area contributed by atoms with Crippen LogP contribution in [0.4, 0.5) is 0 Å². The maximum atomic E-state index is 5.20. The topological polar surface area (TPSA) is 18.5 Å². The summed E-state index contributed by atoms with van der Waals surface area (Å²) >= 11 is 3.16. The number of alkyl halides is 1. The van der Waals surface area contributed by atoms with E-state index in [0.29, 0.717) is 18.7 Å². The van der Waals surface area contributed by atoms with Crippen molar-refractivity contribution in [1.82, 2.24) is 0 Å². The van der Waals surface area contributed by atoms with Gasteiger partial charge >= 0.3 is 0 Å². The number of hydrogen-bond donors (Lipinski definition) is 0. The molecule has 0 atom stereocenters. The molecule has 0 aliphatic carbocycles. The Morgan fingerprint density at radius 3 is 2.58 bits per heavy atom. The number of hydrogen-bond acceptors (Lipinski definition) is 2. The van der Waals surface area contributed by atoms with Gasteiger partial charge < -0.3 is 9.47 Å². The molecule has 2 nitrogen and oxygen atoms in total. The molecule has 3 heteroatoms. The highest BCUT2D eigenvalue weighted by Gasteiger charge is 1.89. The fourth-order valence-corrected chi connectivity index (χ4v) is 0.722. The molecule has 0 aliphatic heterocycles. The lowest BCUT2D eigenvalue weighted by Gasteiger charge is -2.02. The second-order valence-corrected chi connectivity index (χ2v) is 3.15. The van der Waals surface area contributed by atoms with Crippen LogP contribution in [0.2, 0.25) is 0 Å². The molecular formula is C9H15BrO2. The summed E-state index contributed by atoms with van der Waals surface area (Å²) in [5.74, 6) is 0. The molecule has 0 radical (unpaired) electrons. The highest BCUT2D eigenvalue weighted by Crippen LogP contribution is 1.97. The van der Waals surface area contributed by atoms with Gasteiger partial charge in [-0.05, 0) is 25.0 Å². The molecular weight excluding hydrogens is 220 g/mol. The van der Waals surface area contributed by atoms with E-state index in [9.17, 15) is 0 Å². The predicted octanol–water partition coefficient (Wildman–Crippen LogP) is 2.85. The van der Waals surface area contributed by atoms with Crippen LogP contribution in [0.3, 0.4) is 0 Å². The van der Waals surface area contributed by atoms with Crippen LogP contribution in [0.1, 0.15) is 13.8 Å². The van der Waals surface area contributed by atoms with Crippen LogP contribution < -0.4 is 0 Å². The van der Waals surface area contributed by atoms with Crippen molar-refractivity contribution in [3.05, 3.63) is 24.0 Å². The smallest absolute Gasteiger partial charge is 0.108 e. The molecule has 0 saturated carbocycles. The van der Waals surface area contributed by atoms with Crippen molar-refractivity contribution >= 4 is 15.9 Å². The van der Waals surface area contributed by atoms with Crippen molar-refractivity contribution in [3.8, 4) is 0 Å². The lowest BCUT2D eigenvalue weighted by Crippen LogP contribution is -1.95. The molecule has 0 amide bonds. The predicted molar refractivity (Wildman–Crippen MR) is 54.3 cm³/mol. The number of rotatable bonds is 6. The molecule has 0 aliphatic rings. The SMILES string of the molecule is C=C(C)COC=C(C)COCBr. The maximum Gasteiger partial charge on any atom is 0.108 e. The maximum absolute atomic E-state index is 5.20. The molecule has 0 aromatic rings. The average Bonchev–Trinajstić information content (AvgIpc) is 2.00. The third-order valence-corrected chi connectivity index (χ3v) is 1.34. The first-order chi connectivity index (χ1) is 5.66.